The number of halogens is 6. The predicted molar refractivity (Wildman–Crippen MR) is 175 cm³/mol. The summed E-state index contributed by atoms with van der Waals surface area (Å²) in [4.78, 5) is 43.0. The van der Waals surface area contributed by atoms with Crippen molar-refractivity contribution in [2.24, 2.45) is 0 Å². The van der Waals surface area contributed by atoms with Gasteiger partial charge in [0.25, 0.3) is 16.9 Å². The number of hydrogen-bond donors (Lipinski definition) is 0. The van der Waals surface area contributed by atoms with Crippen molar-refractivity contribution in [3.8, 4) is 11.4 Å². The van der Waals surface area contributed by atoms with Crippen molar-refractivity contribution in [1.82, 2.24) is 9.55 Å². The SMILES string of the molecule is CO[C@@](C(=O)OCC(Cn1c(-c2ccccc2[N+](=O)[O-])nc2ccccc21)OC(=O)[C@](OC)(c1ccccc1)C(F)(F)F)(c1ccccc1)C(F)(F)F. The van der Waals surface area contributed by atoms with E-state index in [0.717, 1.165) is 24.3 Å². The van der Waals surface area contributed by atoms with Gasteiger partial charge in [0.05, 0.1) is 28.1 Å². The van der Waals surface area contributed by atoms with Gasteiger partial charge in [-0.05, 0) is 18.2 Å². The summed E-state index contributed by atoms with van der Waals surface area (Å²) in [7, 11) is 1.23. The Hall–Kier alpha value is -5.81. The van der Waals surface area contributed by atoms with Crippen LogP contribution in [0.25, 0.3) is 22.4 Å². The number of nitro groups is 1. The third-order valence-corrected chi connectivity index (χ3v) is 8.40. The molecule has 0 fully saturated rings. The van der Waals surface area contributed by atoms with E-state index in [1.54, 1.807) is 12.1 Å². The number of benzene rings is 4. The predicted octanol–water partition coefficient (Wildman–Crippen LogP) is 7.27. The summed E-state index contributed by atoms with van der Waals surface area (Å²) < 4.78 is 110. The van der Waals surface area contributed by atoms with Gasteiger partial charge in [0.15, 0.2) is 6.10 Å². The number of carbonyl (C=O) groups excluding carboxylic acids is 2. The lowest BCUT2D eigenvalue weighted by atomic mass is 9.92. The summed E-state index contributed by atoms with van der Waals surface area (Å²) in [6, 6.07) is 23.0. The van der Waals surface area contributed by atoms with Crippen LogP contribution in [-0.2, 0) is 46.3 Å². The summed E-state index contributed by atoms with van der Waals surface area (Å²) in [6.45, 7) is -1.99. The number of nitro benzene ring substituents is 1. The summed E-state index contributed by atoms with van der Waals surface area (Å²) >= 11 is 0. The number of imidazole rings is 1. The van der Waals surface area contributed by atoms with Gasteiger partial charge in [0, 0.05) is 31.4 Å². The molecular formula is C36H29F6N3O8. The Morgan fingerprint density at radius 1 is 0.736 bits per heavy atom. The van der Waals surface area contributed by atoms with Crippen molar-refractivity contribution in [2.75, 3.05) is 20.8 Å². The number of hydrogen-bond acceptors (Lipinski definition) is 9. The monoisotopic (exact) mass is 745 g/mol. The molecule has 0 aliphatic heterocycles. The van der Waals surface area contributed by atoms with Gasteiger partial charge < -0.3 is 23.5 Å². The minimum atomic E-state index is -5.45. The van der Waals surface area contributed by atoms with E-state index >= 15 is 0 Å². The lowest BCUT2D eigenvalue weighted by molar-refractivity contribution is -0.384. The van der Waals surface area contributed by atoms with Crippen molar-refractivity contribution in [1.29, 1.82) is 0 Å². The van der Waals surface area contributed by atoms with E-state index in [4.69, 9.17) is 18.9 Å². The van der Waals surface area contributed by atoms with Crippen LogP contribution in [0, 0.1) is 10.1 Å². The molecule has 0 saturated carbocycles. The highest BCUT2D eigenvalue weighted by Gasteiger charge is 2.65. The van der Waals surface area contributed by atoms with Crippen molar-refractivity contribution in [3.63, 3.8) is 0 Å². The zero-order valence-electron chi connectivity index (χ0n) is 27.8. The number of rotatable bonds is 13. The second-order valence-corrected chi connectivity index (χ2v) is 11.4. The van der Waals surface area contributed by atoms with Crippen LogP contribution in [0.2, 0.25) is 0 Å². The Balaban J connectivity index is 1.64. The number of fused-ring (bicyclic) bond motifs is 1. The van der Waals surface area contributed by atoms with Crippen molar-refractivity contribution >= 4 is 28.7 Å². The first-order chi connectivity index (χ1) is 25.1. The van der Waals surface area contributed by atoms with Gasteiger partial charge in [-0.15, -0.1) is 0 Å². The molecule has 0 bridgehead atoms. The number of aromatic nitrogens is 2. The largest absolute Gasteiger partial charge is 0.459 e. The Labute approximate surface area is 296 Å². The average Bonchev–Trinajstić information content (AvgIpc) is 3.49. The first kappa shape index (κ1) is 38.4. The molecule has 1 heterocycles. The molecule has 5 rings (SSSR count). The molecule has 1 unspecified atom stereocenters. The topological polar surface area (TPSA) is 132 Å². The molecule has 0 N–H and O–H groups in total. The highest BCUT2D eigenvalue weighted by Crippen LogP contribution is 2.45. The molecule has 0 spiro atoms. The molecule has 17 heteroatoms. The molecule has 11 nitrogen and oxygen atoms in total. The summed E-state index contributed by atoms with van der Waals surface area (Å²) in [5, 5.41) is 12.0. The van der Waals surface area contributed by atoms with Crippen LogP contribution in [0.4, 0.5) is 32.0 Å². The van der Waals surface area contributed by atoms with Crippen molar-refractivity contribution in [3.05, 3.63) is 130 Å². The van der Waals surface area contributed by atoms with Gasteiger partial charge in [0.1, 0.15) is 12.4 Å². The second kappa shape index (κ2) is 15.0. The molecule has 5 aromatic rings. The molecule has 0 amide bonds. The molecule has 0 aliphatic rings. The van der Waals surface area contributed by atoms with Crippen LogP contribution < -0.4 is 0 Å². The maximum Gasteiger partial charge on any atom is 0.432 e. The van der Waals surface area contributed by atoms with Crippen molar-refractivity contribution in [2.45, 2.75) is 36.2 Å². The van der Waals surface area contributed by atoms with E-state index in [1.807, 2.05) is 0 Å². The van der Waals surface area contributed by atoms with Crippen LogP contribution in [-0.4, -0.2) is 65.7 Å². The minimum absolute atomic E-state index is 0.0545. The molecule has 3 atom stereocenters. The van der Waals surface area contributed by atoms with Gasteiger partial charge in [0.2, 0.25) is 0 Å². The molecule has 278 valence electrons. The molecule has 0 aliphatic carbocycles. The Kier molecular flexibility index (Phi) is 10.9. The van der Waals surface area contributed by atoms with Gasteiger partial charge in [-0.1, -0.05) is 84.9 Å². The minimum Gasteiger partial charge on any atom is -0.459 e. The smallest absolute Gasteiger partial charge is 0.432 e. The number of carbonyl (C=O) groups is 2. The lowest BCUT2D eigenvalue weighted by Crippen LogP contribution is -2.54. The van der Waals surface area contributed by atoms with Crippen LogP contribution in [0.1, 0.15) is 11.1 Å². The van der Waals surface area contributed by atoms with Crippen LogP contribution in [0.15, 0.2) is 109 Å². The number of nitrogens with zero attached hydrogens (tertiary/aromatic N) is 3. The number of ether oxygens (including phenoxy) is 4. The molecule has 0 saturated heterocycles. The highest BCUT2D eigenvalue weighted by atomic mass is 19.4. The second-order valence-electron chi connectivity index (χ2n) is 11.4. The Morgan fingerprint density at radius 2 is 1.23 bits per heavy atom. The van der Waals surface area contributed by atoms with Gasteiger partial charge in [-0.2, -0.15) is 26.3 Å². The van der Waals surface area contributed by atoms with E-state index in [-0.39, 0.29) is 22.4 Å². The number of alkyl halides is 6. The first-order valence-corrected chi connectivity index (χ1v) is 15.5. The zero-order valence-corrected chi connectivity index (χ0v) is 27.8. The molecule has 53 heavy (non-hydrogen) atoms. The highest BCUT2D eigenvalue weighted by molar-refractivity contribution is 5.85. The number of methoxy groups -OCH3 is 2. The molecular weight excluding hydrogens is 716 g/mol. The van der Waals surface area contributed by atoms with Gasteiger partial charge in [-0.25, -0.2) is 14.6 Å². The molecule has 4 aromatic carbocycles. The summed E-state index contributed by atoms with van der Waals surface area (Å²) in [5.41, 5.74) is -8.81. The van der Waals surface area contributed by atoms with E-state index in [2.05, 4.69) is 4.98 Å². The number of esters is 2. The number of para-hydroxylation sites is 3. The molecule has 1 aromatic heterocycles. The van der Waals surface area contributed by atoms with E-state index < -0.39 is 76.5 Å². The van der Waals surface area contributed by atoms with Crippen molar-refractivity contribution < 1.29 is 59.8 Å². The van der Waals surface area contributed by atoms with Crippen LogP contribution in [0.5, 0.6) is 0 Å². The fourth-order valence-corrected chi connectivity index (χ4v) is 5.89. The Morgan fingerprint density at radius 3 is 1.75 bits per heavy atom. The average molecular weight is 746 g/mol. The van der Waals surface area contributed by atoms with E-state index in [1.165, 1.54) is 77.4 Å². The maximum absolute atomic E-state index is 14.9. The maximum atomic E-state index is 14.9. The zero-order chi connectivity index (χ0) is 38.6. The van der Waals surface area contributed by atoms with Crippen LogP contribution >= 0.6 is 0 Å². The standard InChI is InChI=1S/C36H29F6N3O8/c1-50-33(35(37,38)39,23-13-5-3-6-14-23)31(46)52-22-25(53-32(47)34(51-2,36(40,41)42)24-15-7-4-8-16-24)21-44-29-20-12-10-18-27(29)43-30(44)26-17-9-11-19-28(26)45(48)49/h3-20,25H,21-22H2,1-2H3/t25?,33-,34-/m1/s1. The lowest BCUT2D eigenvalue weighted by Gasteiger charge is -2.35. The van der Waals surface area contributed by atoms with E-state index in [0.29, 0.717) is 14.2 Å². The molecule has 0 radical (unpaired) electrons. The Bertz CT molecular complexity index is 2090. The fraction of sp³-hybridized carbons (Fsp3) is 0.250. The normalized spacial score (nSPS) is 14.9. The van der Waals surface area contributed by atoms with Gasteiger partial charge >= 0.3 is 24.3 Å². The van der Waals surface area contributed by atoms with E-state index in [9.17, 15) is 46.0 Å². The van der Waals surface area contributed by atoms with Gasteiger partial charge in [-0.3, -0.25) is 10.1 Å². The summed E-state index contributed by atoms with van der Waals surface area (Å²) in [6.07, 6.45) is -12.9. The third kappa shape index (κ3) is 7.04. The fourth-order valence-electron chi connectivity index (χ4n) is 5.89. The third-order valence-electron chi connectivity index (χ3n) is 8.40. The van der Waals surface area contributed by atoms with Crippen LogP contribution in [0.3, 0.4) is 0 Å². The first-order valence-electron chi connectivity index (χ1n) is 15.5. The quantitative estimate of drug-likeness (QED) is 0.0528. The summed E-state index contributed by atoms with van der Waals surface area (Å²) in [5.74, 6) is -4.19.